The topological polar surface area (TPSA) is 74.4 Å². The molecule has 0 bridgehead atoms. The summed E-state index contributed by atoms with van der Waals surface area (Å²) < 4.78 is 10.5. The van der Waals surface area contributed by atoms with Crippen molar-refractivity contribution >= 4 is 11.7 Å². The number of anilines is 1. The van der Waals surface area contributed by atoms with Crippen molar-refractivity contribution < 1.29 is 14.3 Å². The number of nitrogens with two attached hydrogens (primary N) is 1. The number of carbonyl (C=O) groups is 1. The number of esters is 1. The van der Waals surface area contributed by atoms with Gasteiger partial charge in [0.1, 0.15) is 6.10 Å². The van der Waals surface area contributed by atoms with E-state index in [0.717, 1.165) is 18.8 Å². The first-order valence-corrected chi connectivity index (χ1v) is 6.60. The molecule has 0 atom stereocenters. The highest BCUT2D eigenvalue weighted by Crippen LogP contribution is 2.27. The predicted molar refractivity (Wildman–Crippen MR) is 72.0 cm³/mol. The highest BCUT2D eigenvalue weighted by atomic mass is 16.5. The Bertz CT molecular complexity index is 454. The molecule has 104 valence electrons. The summed E-state index contributed by atoms with van der Waals surface area (Å²) in [5, 5.41) is 0. The van der Waals surface area contributed by atoms with Gasteiger partial charge in [-0.1, -0.05) is 6.92 Å². The van der Waals surface area contributed by atoms with E-state index >= 15 is 0 Å². The quantitative estimate of drug-likeness (QED) is 0.848. The summed E-state index contributed by atoms with van der Waals surface area (Å²) >= 11 is 0. The lowest BCUT2D eigenvalue weighted by Gasteiger charge is -2.26. The predicted octanol–water partition coefficient (Wildman–Crippen LogP) is 2.41. The van der Waals surface area contributed by atoms with E-state index < -0.39 is 5.97 Å². The summed E-state index contributed by atoms with van der Waals surface area (Å²) in [4.78, 5) is 15.6. The van der Waals surface area contributed by atoms with Crippen LogP contribution in [0.1, 0.15) is 43.0 Å². The maximum absolute atomic E-state index is 11.5. The number of aromatic nitrogens is 1. The van der Waals surface area contributed by atoms with Gasteiger partial charge in [0.25, 0.3) is 0 Å². The van der Waals surface area contributed by atoms with Gasteiger partial charge in [0, 0.05) is 6.07 Å². The molecule has 1 aliphatic rings. The SMILES string of the molecule is COC(=O)c1cc(OC2CCC(C)CC2)ncc1N. The number of nitrogen functional groups attached to an aromatic ring is 1. The highest BCUT2D eigenvalue weighted by molar-refractivity contribution is 5.95. The molecule has 1 aromatic rings. The first-order valence-electron chi connectivity index (χ1n) is 6.60. The summed E-state index contributed by atoms with van der Waals surface area (Å²) in [6.07, 6.45) is 6.01. The van der Waals surface area contributed by atoms with Crippen LogP contribution in [-0.4, -0.2) is 24.2 Å². The van der Waals surface area contributed by atoms with Crippen LogP contribution < -0.4 is 10.5 Å². The third kappa shape index (κ3) is 3.36. The zero-order chi connectivity index (χ0) is 13.8. The number of hydrogen-bond acceptors (Lipinski definition) is 5. The number of nitrogens with zero attached hydrogens (tertiary/aromatic N) is 1. The van der Waals surface area contributed by atoms with Gasteiger partial charge in [-0.25, -0.2) is 9.78 Å². The van der Waals surface area contributed by atoms with Crippen LogP contribution >= 0.6 is 0 Å². The summed E-state index contributed by atoms with van der Waals surface area (Å²) in [5.74, 6) is 0.737. The molecule has 1 aliphatic carbocycles. The molecular formula is C14H20N2O3. The Kier molecular flexibility index (Phi) is 4.24. The number of carbonyl (C=O) groups excluding carboxylic acids is 1. The first kappa shape index (κ1) is 13.6. The van der Waals surface area contributed by atoms with E-state index in [1.807, 2.05) is 0 Å². The van der Waals surface area contributed by atoms with E-state index in [4.69, 9.17) is 10.5 Å². The van der Waals surface area contributed by atoms with Gasteiger partial charge in [-0.15, -0.1) is 0 Å². The van der Waals surface area contributed by atoms with E-state index in [9.17, 15) is 4.79 Å². The van der Waals surface area contributed by atoms with Crippen LogP contribution in [0, 0.1) is 5.92 Å². The second-order valence-corrected chi connectivity index (χ2v) is 5.10. The largest absolute Gasteiger partial charge is 0.474 e. The van der Waals surface area contributed by atoms with E-state index in [-0.39, 0.29) is 6.10 Å². The number of pyridine rings is 1. The molecule has 0 amide bonds. The van der Waals surface area contributed by atoms with Gasteiger partial charge in [-0.2, -0.15) is 0 Å². The summed E-state index contributed by atoms with van der Waals surface area (Å²) in [5.41, 5.74) is 6.30. The lowest BCUT2D eigenvalue weighted by molar-refractivity contribution is 0.0600. The fraction of sp³-hybridized carbons (Fsp3) is 0.571. The Morgan fingerprint density at radius 2 is 2.05 bits per heavy atom. The summed E-state index contributed by atoms with van der Waals surface area (Å²) in [6.45, 7) is 2.26. The Balaban J connectivity index is 2.06. The minimum Gasteiger partial charge on any atom is -0.474 e. The first-order chi connectivity index (χ1) is 9.10. The second-order valence-electron chi connectivity index (χ2n) is 5.10. The molecule has 5 nitrogen and oxygen atoms in total. The van der Waals surface area contributed by atoms with Crippen LogP contribution in [0.4, 0.5) is 5.69 Å². The minimum absolute atomic E-state index is 0.179. The van der Waals surface area contributed by atoms with Gasteiger partial charge in [0.15, 0.2) is 0 Å². The van der Waals surface area contributed by atoms with Crippen molar-refractivity contribution in [2.75, 3.05) is 12.8 Å². The van der Waals surface area contributed by atoms with Crippen molar-refractivity contribution in [1.29, 1.82) is 0 Å². The number of rotatable bonds is 3. The molecule has 2 rings (SSSR count). The van der Waals surface area contributed by atoms with Crippen molar-refractivity contribution in [2.24, 2.45) is 5.92 Å². The van der Waals surface area contributed by atoms with Crippen LogP contribution in [0.5, 0.6) is 5.88 Å². The summed E-state index contributed by atoms with van der Waals surface area (Å²) in [7, 11) is 1.32. The van der Waals surface area contributed by atoms with Gasteiger partial charge in [0.05, 0.1) is 24.6 Å². The fourth-order valence-electron chi connectivity index (χ4n) is 2.32. The molecule has 0 saturated heterocycles. The average molecular weight is 264 g/mol. The third-order valence-corrected chi connectivity index (χ3v) is 3.57. The highest BCUT2D eigenvalue weighted by Gasteiger charge is 2.21. The molecule has 1 saturated carbocycles. The molecule has 2 N–H and O–H groups in total. The van der Waals surface area contributed by atoms with Crippen molar-refractivity contribution in [2.45, 2.75) is 38.7 Å². The van der Waals surface area contributed by atoms with E-state index in [1.165, 1.54) is 26.1 Å². The standard InChI is InChI=1S/C14H20N2O3/c1-9-3-5-10(6-4-9)19-13-7-11(14(17)18-2)12(15)8-16-13/h7-10H,3-6,15H2,1-2H3. The van der Waals surface area contributed by atoms with Gasteiger partial charge < -0.3 is 15.2 Å². The lowest BCUT2D eigenvalue weighted by atomic mass is 9.89. The van der Waals surface area contributed by atoms with E-state index in [2.05, 4.69) is 16.6 Å². The molecule has 0 aliphatic heterocycles. The number of ether oxygens (including phenoxy) is 2. The minimum atomic E-state index is -0.470. The zero-order valence-electron chi connectivity index (χ0n) is 11.4. The smallest absolute Gasteiger partial charge is 0.340 e. The molecule has 1 heterocycles. The van der Waals surface area contributed by atoms with Gasteiger partial charge >= 0.3 is 5.97 Å². The number of methoxy groups -OCH3 is 1. The molecular weight excluding hydrogens is 244 g/mol. The van der Waals surface area contributed by atoms with Crippen molar-refractivity contribution in [3.63, 3.8) is 0 Å². The average Bonchev–Trinajstić information content (AvgIpc) is 2.42. The van der Waals surface area contributed by atoms with Gasteiger partial charge in [-0.05, 0) is 31.6 Å². The molecule has 0 unspecified atom stereocenters. The molecule has 1 fully saturated rings. The third-order valence-electron chi connectivity index (χ3n) is 3.57. The van der Waals surface area contributed by atoms with Gasteiger partial charge in [0.2, 0.25) is 5.88 Å². The Labute approximate surface area is 113 Å². The molecule has 19 heavy (non-hydrogen) atoms. The second kappa shape index (κ2) is 5.91. The van der Waals surface area contributed by atoms with E-state index in [1.54, 1.807) is 6.07 Å². The summed E-state index contributed by atoms with van der Waals surface area (Å²) in [6, 6.07) is 1.55. The van der Waals surface area contributed by atoms with Crippen molar-refractivity contribution in [3.8, 4) is 5.88 Å². The van der Waals surface area contributed by atoms with Crippen molar-refractivity contribution in [3.05, 3.63) is 17.8 Å². The zero-order valence-corrected chi connectivity index (χ0v) is 11.4. The molecule has 0 radical (unpaired) electrons. The van der Waals surface area contributed by atoms with Crippen molar-refractivity contribution in [1.82, 2.24) is 4.98 Å². The maximum Gasteiger partial charge on any atom is 0.340 e. The molecule has 1 aromatic heterocycles. The Hall–Kier alpha value is -1.78. The lowest BCUT2D eigenvalue weighted by Crippen LogP contribution is -2.23. The Morgan fingerprint density at radius 1 is 1.37 bits per heavy atom. The van der Waals surface area contributed by atoms with Crippen LogP contribution in [0.3, 0.4) is 0 Å². The van der Waals surface area contributed by atoms with Crippen LogP contribution in [0.2, 0.25) is 0 Å². The maximum atomic E-state index is 11.5. The Morgan fingerprint density at radius 3 is 2.68 bits per heavy atom. The van der Waals surface area contributed by atoms with Crippen LogP contribution in [-0.2, 0) is 4.74 Å². The van der Waals surface area contributed by atoms with Gasteiger partial charge in [-0.3, -0.25) is 0 Å². The fourth-order valence-corrected chi connectivity index (χ4v) is 2.32. The normalized spacial score (nSPS) is 22.8. The monoisotopic (exact) mass is 264 g/mol. The van der Waals surface area contributed by atoms with E-state index in [0.29, 0.717) is 17.1 Å². The molecule has 0 spiro atoms. The number of hydrogen-bond donors (Lipinski definition) is 1. The van der Waals surface area contributed by atoms with Crippen LogP contribution in [0.15, 0.2) is 12.3 Å². The molecule has 0 aromatic carbocycles. The van der Waals surface area contributed by atoms with Crippen LogP contribution in [0.25, 0.3) is 0 Å². The molecule has 5 heteroatoms.